The zero-order valence-corrected chi connectivity index (χ0v) is 12.2. The van der Waals surface area contributed by atoms with E-state index in [-0.39, 0.29) is 23.7 Å². The number of rotatable bonds is 7. The van der Waals surface area contributed by atoms with Crippen LogP contribution in [0.1, 0.15) is 12.5 Å². The lowest BCUT2D eigenvalue weighted by molar-refractivity contribution is 0.282. The summed E-state index contributed by atoms with van der Waals surface area (Å²) in [6, 6.07) is 8.74. The molecule has 18 heavy (non-hydrogen) atoms. The summed E-state index contributed by atoms with van der Waals surface area (Å²) in [5, 5.41) is 9.00. The highest BCUT2D eigenvalue weighted by atomic mass is 32.2. The highest BCUT2D eigenvalue weighted by Crippen LogP contribution is 2.12. The molecule has 0 unspecified atom stereocenters. The van der Waals surface area contributed by atoms with E-state index in [0.29, 0.717) is 0 Å². The van der Waals surface area contributed by atoms with Crippen LogP contribution >= 0.6 is 11.8 Å². The van der Waals surface area contributed by atoms with Crippen LogP contribution in [0.2, 0.25) is 0 Å². The lowest BCUT2D eigenvalue weighted by Gasteiger charge is -2.21. The smallest absolute Gasteiger partial charge is 0.216 e. The first-order valence-electron chi connectivity index (χ1n) is 5.66. The summed E-state index contributed by atoms with van der Waals surface area (Å²) in [5.41, 5.74) is 0.752. The van der Waals surface area contributed by atoms with Gasteiger partial charge in [0.05, 0.1) is 12.4 Å². The number of hydrogen-bond donors (Lipinski definition) is 2. The molecule has 0 aromatic heterocycles. The summed E-state index contributed by atoms with van der Waals surface area (Å²) >= 11 is 1.45. The Morgan fingerprint density at radius 1 is 1.33 bits per heavy atom. The summed E-state index contributed by atoms with van der Waals surface area (Å²) in [6.45, 7) is 1.72. The van der Waals surface area contributed by atoms with Crippen molar-refractivity contribution in [3.8, 4) is 0 Å². The van der Waals surface area contributed by atoms with Gasteiger partial charge in [0, 0.05) is 11.3 Å². The van der Waals surface area contributed by atoms with Crippen LogP contribution in [-0.2, 0) is 15.8 Å². The van der Waals surface area contributed by atoms with Crippen LogP contribution < -0.4 is 4.72 Å². The molecule has 0 saturated heterocycles. The molecule has 6 heteroatoms. The fraction of sp³-hybridized carbons (Fsp3) is 0.500. The minimum atomic E-state index is -3.37. The van der Waals surface area contributed by atoms with Crippen molar-refractivity contribution in [2.24, 2.45) is 0 Å². The molecule has 2 N–H and O–H groups in total. The van der Waals surface area contributed by atoms with E-state index in [0.717, 1.165) is 5.56 Å². The standard InChI is InChI=1S/C12H19NO3S2/c1-10(12(8-14)17-2)13-18(15,16)9-11-6-4-3-5-7-11/h3-7,10,12-14H,8-9H2,1-2H3/t10-,12+/m1/s1. The van der Waals surface area contributed by atoms with E-state index in [2.05, 4.69) is 4.72 Å². The van der Waals surface area contributed by atoms with Gasteiger partial charge >= 0.3 is 0 Å². The summed E-state index contributed by atoms with van der Waals surface area (Å²) in [7, 11) is -3.37. The van der Waals surface area contributed by atoms with Gasteiger partial charge in [-0.25, -0.2) is 13.1 Å². The average molecular weight is 289 g/mol. The minimum Gasteiger partial charge on any atom is -0.395 e. The Kier molecular flexibility index (Phi) is 6.14. The molecular formula is C12H19NO3S2. The summed E-state index contributed by atoms with van der Waals surface area (Å²) in [6.07, 6.45) is 1.85. The van der Waals surface area contributed by atoms with E-state index in [4.69, 9.17) is 5.11 Å². The lowest BCUT2D eigenvalue weighted by Crippen LogP contribution is -2.41. The van der Waals surface area contributed by atoms with Gasteiger partial charge in [-0.1, -0.05) is 30.3 Å². The second kappa shape index (κ2) is 7.13. The van der Waals surface area contributed by atoms with Crippen LogP contribution in [-0.4, -0.2) is 37.7 Å². The first kappa shape index (κ1) is 15.5. The number of nitrogens with one attached hydrogen (secondary N) is 1. The molecule has 1 aromatic carbocycles. The Hall–Kier alpha value is -0.560. The van der Waals surface area contributed by atoms with Gasteiger partial charge in [0.25, 0.3) is 0 Å². The van der Waals surface area contributed by atoms with Crippen molar-refractivity contribution >= 4 is 21.8 Å². The molecule has 102 valence electrons. The Bertz CT molecular complexity index is 444. The second-order valence-electron chi connectivity index (χ2n) is 4.11. The predicted molar refractivity (Wildman–Crippen MR) is 76.1 cm³/mol. The zero-order chi connectivity index (χ0) is 13.6. The lowest BCUT2D eigenvalue weighted by atomic mass is 10.2. The number of benzene rings is 1. The Morgan fingerprint density at radius 2 is 1.94 bits per heavy atom. The monoisotopic (exact) mass is 289 g/mol. The second-order valence-corrected chi connectivity index (χ2v) is 6.94. The van der Waals surface area contributed by atoms with Crippen molar-refractivity contribution < 1.29 is 13.5 Å². The molecule has 1 rings (SSSR count). The van der Waals surface area contributed by atoms with E-state index >= 15 is 0 Å². The highest BCUT2D eigenvalue weighted by molar-refractivity contribution is 7.99. The SMILES string of the molecule is CS[C@@H](CO)[C@@H](C)NS(=O)(=O)Cc1ccccc1. The predicted octanol–water partition coefficient (Wildman–Crippen LogP) is 1.22. The third kappa shape index (κ3) is 4.97. The van der Waals surface area contributed by atoms with Crippen LogP contribution in [0.3, 0.4) is 0 Å². The average Bonchev–Trinajstić information content (AvgIpc) is 2.30. The fourth-order valence-electron chi connectivity index (χ4n) is 1.63. The van der Waals surface area contributed by atoms with E-state index in [1.54, 1.807) is 19.1 Å². The summed E-state index contributed by atoms with van der Waals surface area (Å²) < 4.78 is 26.5. The minimum absolute atomic E-state index is 0.0370. The van der Waals surface area contributed by atoms with Gasteiger partial charge in [-0.2, -0.15) is 11.8 Å². The quantitative estimate of drug-likeness (QED) is 0.792. The van der Waals surface area contributed by atoms with E-state index < -0.39 is 10.0 Å². The third-order valence-corrected chi connectivity index (χ3v) is 5.21. The molecule has 0 spiro atoms. The number of thioether (sulfide) groups is 1. The molecular weight excluding hydrogens is 270 g/mol. The van der Waals surface area contributed by atoms with E-state index in [1.165, 1.54) is 11.8 Å². The molecule has 0 amide bonds. The molecule has 0 saturated carbocycles. The maximum absolute atomic E-state index is 11.9. The Balaban J connectivity index is 2.65. The van der Waals surface area contributed by atoms with Crippen molar-refractivity contribution in [3.63, 3.8) is 0 Å². The fourth-order valence-corrected chi connectivity index (χ4v) is 3.79. The normalized spacial score (nSPS) is 15.3. The van der Waals surface area contributed by atoms with Crippen molar-refractivity contribution in [1.82, 2.24) is 4.72 Å². The molecule has 0 bridgehead atoms. The third-order valence-electron chi connectivity index (χ3n) is 2.61. The molecule has 0 aliphatic heterocycles. The number of aliphatic hydroxyl groups is 1. The van der Waals surface area contributed by atoms with E-state index in [9.17, 15) is 8.42 Å². The van der Waals surface area contributed by atoms with Gasteiger partial charge in [0.15, 0.2) is 0 Å². The Morgan fingerprint density at radius 3 is 2.44 bits per heavy atom. The van der Waals surface area contributed by atoms with Gasteiger partial charge in [-0.05, 0) is 18.7 Å². The maximum atomic E-state index is 11.9. The van der Waals surface area contributed by atoms with Crippen molar-refractivity contribution in [2.45, 2.75) is 24.0 Å². The molecule has 0 aliphatic carbocycles. The van der Waals surface area contributed by atoms with Gasteiger partial charge in [0.2, 0.25) is 10.0 Å². The van der Waals surface area contributed by atoms with Gasteiger partial charge in [0.1, 0.15) is 0 Å². The van der Waals surface area contributed by atoms with Gasteiger partial charge in [-0.3, -0.25) is 0 Å². The van der Waals surface area contributed by atoms with Crippen LogP contribution in [0.15, 0.2) is 30.3 Å². The summed E-state index contributed by atoms with van der Waals surface area (Å²) in [4.78, 5) is 0. The molecule has 4 nitrogen and oxygen atoms in total. The molecule has 0 radical (unpaired) electrons. The first-order valence-corrected chi connectivity index (χ1v) is 8.60. The topological polar surface area (TPSA) is 66.4 Å². The van der Waals surface area contributed by atoms with Crippen LogP contribution in [0.4, 0.5) is 0 Å². The number of hydrogen-bond acceptors (Lipinski definition) is 4. The zero-order valence-electron chi connectivity index (χ0n) is 10.5. The van der Waals surface area contributed by atoms with E-state index in [1.807, 2.05) is 24.5 Å². The van der Waals surface area contributed by atoms with Crippen LogP contribution in [0, 0.1) is 0 Å². The molecule has 0 aliphatic rings. The largest absolute Gasteiger partial charge is 0.395 e. The maximum Gasteiger partial charge on any atom is 0.216 e. The van der Waals surface area contributed by atoms with Crippen molar-refractivity contribution in [1.29, 1.82) is 0 Å². The number of aliphatic hydroxyl groups excluding tert-OH is 1. The molecule has 2 atom stereocenters. The molecule has 0 heterocycles. The van der Waals surface area contributed by atoms with Crippen LogP contribution in [0.5, 0.6) is 0 Å². The Labute approximate surface area is 113 Å². The summed E-state index contributed by atoms with van der Waals surface area (Å²) in [5.74, 6) is -0.0370. The van der Waals surface area contributed by atoms with Crippen LogP contribution in [0.25, 0.3) is 0 Å². The van der Waals surface area contributed by atoms with Gasteiger partial charge < -0.3 is 5.11 Å². The molecule has 0 fully saturated rings. The van der Waals surface area contributed by atoms with Crippen molar-refractivity contribution in [3.05, 3.63) is 35.9 Å². The van der Waals surface area contributed by atoms with Crippen molar-refractivity contribution in [2.75, 3.05) is 12.9 Å². The number of sulfonamides is 1. The van der Waals surface area contributed by atoms with Gasteiger partial charge in [-0.15, -0.1) is 0 Å². The molecule has 1 aromatic rings. The highest BCUT2D eigenvalue weighted by Gasteiger charge is 2.21. The first-order chi connectivity index (χ1) is 8.48.